The van der Waals surface area contributed by atoms with Crippen molar-refractivity contribution in [2.75, 3.05) is 18.2 Å². The number of allylic oxidation sites excluding steroid dienone is 1. The number of anilines is 1. The standard InChI is InChI=1S/C22H23ClN4O2S/c1-3-13-27-20(12-9-16-7-5-4-6-8-16)25-26-22(27)30-15-21(28)24-17-10-11-19(29-2)18(23)14-17/h3-8,10-11,14H,1,9,12-13,15H2,2H3,(H,24,28). The molecule has 0 aliphatic rings. The quantitative estimate of drug-likeness (QED) is 0.366. The summed E-state index contributed by atoms with van der Waals surface area (Å²) < 4.78 is 7.12. The van der Waals surface area contributed by atoms with Gasteiger partial charge in [0.15, 0.2) is 5.16 Å². The van der Waals surface area contributed by atoms with Crippen LogP contribution >= 0.6 is 23.4 Å². The summed E-state index contributed by atoms with van der Waals surface area (Å²) in [5.41, 5.74) is 1.86. The van der Waals surface area contributed by atoms with Crippen LogP contribution < -0.4 is 10.1 Å². The van der Waals surface area contributed by atoms with E-state index < -0.39 is 0 Å². The van der Waals surface area contributed by atoms with Crippen LogP contribution in [0, 0.1) is 0 Å². The third-order valence-corrected chi connectivity index (χ3v) is 5.62. The lowest BCUT2D eigenvalue weighted by Gasteiger charge is -2.09. The van der Waals surface area contributed by atoms with Crippen LogP contribution in [0.2, 0.25) is 5.02 Å². The summed E-state index contributed by atoms with van der Waals surface area (Å²) in [7, 11) is 1.55. The second-order valence-corrected chi connectivity index (χ2v) is 7.82. The van der Waals surface area contributed by atoms with Gasteiger partial charge in [-0.2, -0.15) is 0 Å². The van der Waals surface area contributed by atoms with Gasteiger partial charge in [0.25, 0.3) is 0 Å². The molecule has 3 aromatic rings. The highest BCUT2D eigenvalue weighted by molar-refractivity contribution is 7.99. The number of benzene rings is 2. The molecular formula is C22H23ClN4O2S. The SMILES string of the molecule is C=CCn1c(CCc2ccccc2)nnc1SCC(=O)Nc1ccc(OC)c(Cl)c1. The maximum absolute atomic E-state index is 12.4. The molecule has 1 N–H and O–H groups in total. The Morgan fingerprint density at radius 1 is 1.23 bits per heavy atom. The normalized spacial score (nSPS) is 10.6. The molecule has 0 bridgehead atoms. The first-order valence-electron chi connectivity index (χ1n) is 9.43. The van der Waals surface area contributed by atoms with Crippen molar-refractivity contribution in [1.82, 2.24) is 14.8 Å². The van der Waals surface area contributed by atoms with E-state index in [2.05, 4.69) is 34.2 Å². The summed E-state index contributed by atoms with van der Waals surface area (Å²) in [6.07, 6.45) is 3.44. The van der Waals surface area contributed by atoms with Gasteiger partial charge in [-0.1, -0.05) is 59.8 Å². The molecule has 2 aromatic carbocycles. The number of rotatable bonds is 10. The second-order valence-electron chi connectivity index (χ2n) is 6.47. The summed E-state index contributed by atoms with van der Waals surface area (Å²) >= 11 is 7.45. The van der Waals surface area contributed by atoms with Crippen LogP contribution in [0.4, 0.5) is 5.69 Å². The lowest BCUT2D eigenvalue weighted by molar-refractivity contribution is -0.113. The molecule has 8 heteroatoms. The molecule has 1 aromatic heterocycles. The van der Waals surface area contributed by atoms with Gasteiger partial charge in [-0.3, -0.25) is 4.79 Å². The second kappa shape index (κ2) is 10.8. The first-order valence-corrected chi connectivity index (χ1v) is 10.8. The van der Waals surface area contributed by atoms with E-state index in [0.717, 1.165) is 18.7 Å². The van der Waals surface area contributed by atoms with Crippen molar-refractivity contribution in [2.24, 2.45) is 0 Å². The molecule has 0 spiro atoms. The zero-order valence-electron chi connectivity index (χ0n) is 16.7. The molecule has 0 saturated heterocycles. The fourth-order valence-electron chi connectivity index (χ4n) is 2.90. The molecule has 0 aliphatic carbocycles. The van der Waals surface area contributed by atoms with E-state index in [9.17, 15) is 4.79 Å². The van der Waals surface area contributed by atoms with Gasteiger partial charge in [-0.05, 0) is 30.2 Å². The number of hydrogen-bond donors (Lipinski definition) is 1. The highest BCUT2D eigenvalue weighted by Crippen LogP contribution is 2.27. The van der Waals surface area contributed by atoms with Crippen molar-refractivity contribution in [1.29, 1.82) is 0 Å². The molecule has 0 unspecified atom stereocenters. The largest absolute Gasteiger partial charge is 0.495 e. The van der Waals surface area contributed by atoms with Crippen molar-refractivity contribution in [3.63, 3.8) is 0 Å². The van der Waals surface area contributed by atoms with E-state index in [1.54, 1.807) is 31.4 Å². The number of hydrogen-bond acceptors (Lipinski definition) is 5. The average Bonchev–Trinajstić information content (AvgIpc) is 3.13. The Labute approximate surface area is 185 Å². The van der Waals surface area contributed by atoms with Gasteiger partial charge in [0, 0.05) is 18.7 Å². The number of thioether (sulfide) groups is 1. The Morgan fingerprint density at radius 3 is 2.73 bits per heavy atom. The van der Waals surface area contributed by atoms with E-state index in [-0.39, 0.29) is 11.7 Å². The number of ether oxygens (including phenoxy) is 1. The maximum Gasteiger partial charge on any atom is 0.234 e. The minimum atomic E-state index is -0.153. The number of carbonyl (C=O) groups excluding carboxylic acids is 1. The van der Waals surface area contributed by atoms with Crippen molar-refractivity contribution in [3.8, 4) is 5.75 Å². The maximum atomic E-state index is 12.4. The van der Waals surface area contributed by atoms with Gasteiger partial charge >= 0.3 is 0 Å². The van der Waals surface area contributed by atoms with E-state index in [1.165, 1.54) is 17.3 Å². The zero-order valence-corrected chi connectivity index (χ0v) is 18.2. The molecular weight excluding hydrogens is 420 g/mol. The van der Waals surface area contributed by atoms with Crippen LogP contribution in [0.25, 0.3) is 0 Å². The van der Waals surface area contributed by atoms with Gasteiger partial charge in [0.2, 0.25) is 5.91 Å². The number of aromatic nitrogens is 3. The first kappa shape index (κ1) is 21.9. The molecule has 0 saturated carbocycles. The molecule has 156 valence electrons. The Hall–Kier alpha value is -2.77. The molecule has 6 nitrogen and oxygen atoms in total. The monoisotopic (exact) mass is 442 g/mol. The molecule has 1 heterocycles. The highest BCUT2D eigenvalue weighted by Gasteiger charge is 2.14. The molecule has 0 radical (unpaired) electrons. The van der Waals surface area contributed by atoms with E-state index in [0.29, 0.717) is 28.2 Å². The van der Waals surface area contributed by atoms with Gasteiger partial charge in [0.1, 0.15) is 11.6 Å². The lowest BCUT2D eigenvalue weighted by atomic mass is 10.1. The summed E-state index contributed by atoms with van der Waals surface area (Å²) in [6, 6.07) is 15.4. The third-order valence-electron chi connectivity index (χ3n) is 4.35. The predicted molar refractivity (Wildman–Crippen MR) is 121 cm³/mol. The number of nitrogens with zero attached hydrogens (tertiary/aromatic N) is 3. The minimum absolute atomic E-state index is 0.153. The minimum Gasteiger partial charge on any atom is -0.495 e. The number of amides is 1. The van der Waals surface area contributed by atoms with Crippen LogP contribution in [-0.4, -0.2) is 33.5 Å². The van der Waals surface area contributed by atoms with E-state index >= 15 is 0 Å². The Kier molecular flexibility index (Phi) is 7.93. The topological polar surface area (TPSA) is 69.0 Å². The average molecular weight is 443 g/mol. The number of aryl methyl sites for hydroxylation is 2. The van der Waals surface area contributed by atoms with Crippen LogP contribution in [0.3, 0.4) is 0 Å². The van der Waals surface area contributed by atoms with Crippen molar-refractivity contribution in [2.45, 2.75) is 24.5 Å². The Bertz CT molecular complexity index is 1010. The zero-order chi connectivity index (χ0) is 21.3. The summed E-state index contributed by atoms with van der Waals surface area (Å²) in [6.45, 7) is 4.41. The van der Waals surface area contributed by atoms with Crippen LogP contribution in [0.5, 0.6) is 5.75 Å². The number of nitrogens with one attached hydrogen (secondary N) is 1. The first-order chi connectivity index (χ1) is 14.6. The van der Waals surface area contributed by atoms with Crippen LogP contribution in [-0.2, 0) is 24.2 Å². The van der Waals surface area contributed by atoms with Gasteiger partial charge in [-0.25, -0.2) is 0 Å². The van der Waals surface area contributed by atoms with Crippen molar-refractivity contribution >= 4 is 35.0 Å². The summed E-state index contributed by atoms with van der Waals surface area (Å²) in [4.78, 5) is 12.4. The van der Waals surface area contributed by atoms with Crippen molar-refractivity contribution < 1.29 is 9.53 Å². The smallest absolute Gasteiger partial charge is 0.234 e. The molecule has 0 atom stereocenters. The Balaban J connectivity index is 1.60. The van der Waals surface area contributed by atoms with Gasteiger partial charge in [0.05, 0.1) is 17.9 Å². The number of methoxy groups -OCH3 is 1. The van der Waals surface area contributed by atoms with Crippen LogP contribution in [0.1, 0.15) is 11.4 Å². The van der Waals surface area contributed by atoms with E-state index in [4.69, 9.17) is 16.3 Å². The fourth-order valence-corrected chi connectivity index (χ4v) is 3.92. The van der Waals surface area contributed by atoms with Gasteiger partial charge < -0.3 is 14.6 Å². The molecule has 0 aliphatic heterocycles. The van der Waals surface area contributed by atoms with Crippen molar-refractivity contribution in [3.05, 3.63) is 77.6 Å². The van der Waals surface area contributed by atoms with Crippen LogP contribution in [0.15, 0.2) is 66.3 Å². The molecule has 30 heavy (non-hydrogen) atoms. The highest BCUT2D eigenvalue weighted by atomic mass is 35.5. The summed E-state index contributed by atoms with van der Waals surface area (Å²) in [5, 5.41) is 12.6. The molecule has 0 fully saturated rings. The molecule has 3 rings (SSSR count). The number of halogens is 1. The number of carbonyl (C=O) groups is 1. The van der Waals surface area contributed by atoms with E-state index in [1.807, 2.05) is 22.8 Å². The fraction of sp³-hybridized carbons (Fsp3) is 0.227. The molecule has 1 amide bonds. The summed E-state index contributed by atoms with van der Waals surface area (Å²) in [5.74, 6) is 1.49. The Morgan fingerprint density at radius 2 is 2.03 bits per heavy atom. The van der Waals surface area contributed by atoms with Gasteiger partial charge in [-0.15, -0.1) is 16.8 Å². The third kappa shape index (κ3) is 5.87. The predicted octanol–water partition coefficient (Wildman–Crippen LogP) is 4.64. The lowest BCUT2D eigenvalue weighted by Crippen LogP contribution is -2.15.